The number of rotatable bonds is 5. The summed E-state index contributed by atoms with van der Waals surface area (Å²) in [7, 11) is 4.70. The van der Waals surface area contributed by atoms with Crippen molar-refractivity contribution in [1.82, 2.24) is 0 Å². The molecule has 0 aromatic heterocycles. The van der Waals surface area contributed by atoms with E-state index < -0.39 is 6.10 Å². The van der Waals surface area contributed by atoms with Crippen LogP contribution in [0, 0.1) is 0 Å². The molecule has 0 spiro atoms. The third-order valence-corrected chi connectivity index (χ3v) is 2.74. The highest BCUT2D eigenvalue weighted by atomic mass is 16.6. The summed E-state index contributed by atoms with van der Waals surface area (Å²) in [5.74, 6) is -0.376. The topological polar surface area (TPSA) is 63.2 Å². The van der Waals surface area contributed by atoms with Gasteiger partial charge in [0.05, 0.1) is 13.2 Å². The molecule has 0 amide bonds. The highest BCUT2D eigenvalue weighted by molar-refractivity contribution is 5.66. The third-order valence-electron chi connectivity index (χ3n) is 2.74. The Bertz CT molecular complexity index is 244. The second-order valence-corrected chi connectivity index (χ2v) is 3.88. The average Bonchev–Trinajstić information content (AvgIpc) is 2.30. The second-order valence-electron chi connectivity index (χ2n) is 3.88. The molecule has 0 N–H and O–H groups in total. The lowest BCUT2D eigenvalue weighted by molar-refractivity contribution is -0.224. The molecule has 4 atom stereocenters. The molecule has 1 saturated heterocycles. The highest BCUT2D eigenvalue weighted by Gasteiger charge is 2.43. The first kappa shape index (κ1) is 14.4. The fraction of sp³-hybridized carbons (Fsp3) is 0.909. The minimum absolute atomic E-state index is 0.252. The number of ether oxygens (including phenoxy) is 5. The maximum absolute atomic E-state index is 11.1. The van der Waals surface area contributed by atoms with E-state index >= 15 is 0 Å². The Labute approximate surface area is 101 Å². The van der Waals surface area contributed by atoms with Gasteiger partial charge in [-0.15, -0.1) is 0 Å². The molecular formula is C11H20O6. The van der Waals surface area contributed by atoms with Crippen LogP contribution in [0.3, 0.4) is 0 Å². The lowest BCUT2D eigenvalue weighted by atomic mass is 10.00. The molecule has 1 heterocycles. The van der Waals surface area contributed by atoms with Crippen LogP contribution in [0.15, 0.2) is 0 Å². The van der Waals surface area contributed by atoms with Crippen molar-refractivity contribution in [2.45, 2.75) is 31.3 Å². The molecule has 100 valence electrons. The molecule has 1 aliphatic rings. The molecule has 0 unspecified atom stereocenters. The van der Waals surface area contributed by atoms with Gasteiger partial charge in [0.25, 0.3) is 0 Å². The number of esters is 1. The second kappa shape index (κ2) is 6.90. The predicted molar refractivity (Wildman–Crippen MR) is 58.8 cm³/mol. The van der Waals surface area contributed by atoms with Gasteiger partial charge in [0.1, 0.15) is 18.3 Å². The van der Waals surface area contributed by atoms with Crippen LogP contribution in [0.2, 0.25) is 0 Å². The van der Waals surface area contributed by atoms with Crippen LogP contribution in [0.5, 0.6) is 0 Å². The number of hydrogen-bond acceptors (Lipinski definition) is 6. The van der Waals surface area contributed by atoms with E-state index in [-0.39, 0.29) is 24.3 Å². The molecule has 0 radical (unpaired) electrons. The molecule has 1 fully saturated rings. The van der Waals surface area contributed by atoms with Crippen LogP contribution in [-0.2, 0) is 28.5 Å². The Kier molecular flexibility index (Phi) is 5.84. The van der Waals surface area contributed by atoms with Crippen molar-refractivity contribution >= 4 is 5.97 Å². The molecule has 1 aliphatic heterocycles. The number of hydrogen-bond donors (Lipinski definition) is 0. The van der Waals surface area contributed by atoms with Crippen LogP contribution < -0.4 is 0 Å². The van der Waals surface area contributed by atoms with Gasteiger partial charge in [-0.1, -0.05) is 0 Å². The summed E-state index contributed by atoms with van der Waals surface area (Å²) in [6, 6.07) is 0. The van der Waals surface area contributed by atoms with E-state index in [1.165, 1.54) is 6.92 Å². The summed E-state index contributed by atoms with van der Waals surface area (Å²) in [5.41, 5.74) is 0. The Morgan fingerprint density at radius 3 is 2.41 bits per heavy atom. The normalized spacial score (nSPS) is 33.4. The Morgan fingerprint density at radius 1 is 1.24 bits per heavy atom. The van der Waals surface area contributed by atoms with Gasteiger partial charge >= 0.3 is 5.97 Å². The minimum atomic E-state index is -0.517. The zero-order valence-corrected chi connectivity index (χ0v) is 10.7. The fourth-order valence-corrected chi connectivity index (χ4v) is 1.96. The molecule has 1 rings (SSSR count). The van der Waals surface area contributed by atoms with E-state index in [0.29, 0.717) is 13.2 Å². The summed E-state index contributed by atoms with van der Waals surface area (Å²) in [6.45, 7) is 2.09. The van der Waals surface area contributed by atoms with E-state index in [1.807, 2.05) is 0 Å². The van der Waals surface area contributed by atoms with Crippen molar-refractivity contribution in [2.24, 2.45) is 0 Å². The first-order valence-corrected chi connectivity index (χ1v) is 5.47. The van der Waals surface area contributed by atoms with Gasteiger partial charge in [0.2, 0.25) is 0 Å². The van der Waals surface area contributed by atoms with Crippen molar-refractivity contribution in [3.63, 3.8) is 0 Å². The number of methoxy groups -OCH3 is 3. The van der Waals surface area contributed by atoms with Crippen molar-refractivity contribution in [1.29, 1.82) is 0 Å². The van der Waals surface area contributed by atoms with Crippen LogP contribution in [-0.4, -0.2) is 64.9 Å². The van der Waals surface area contributed by atoms with Gasteiger partial charge in [-0.3, -0.25) is 4.79 Å². The van der Waals surface area contributed by atoms with E-state index in [9.17, 15) is 4.79 Å². The van der Waals surface area contributed by atoms with E-state index in [2.05, 4.69) is 0 Å². The molecule has 17 heavy (non-hydrogen) atoms. The predicted octanol–water partition coefficient (Wildman–Crippen LogP) is -0.00670. The first-order chi connectivity index (χ1) is 8.13. The van der Waals surface area contributed by atoms with Gasteiger partial charge in [0.15, 0.2) is 6.10 Å². The van der Waals surface area contributed by atoms with Crippen molar-refractivity contribution in [3.05, 3.63) is 0 Å². The lowest BCUT2D eigenvalue weighted by Gasteiger charge is -2.40. The smallest absolute Gasteiger partial charge is 0.303 e. The zero-order valence-electron chi connectivity index (χ0n) is 10.7. The van der Waals surface area contributed by atoms with Crippen LogP contribution in [0.1, 0.15) is 6.92 Å². The molecule has 0 saturated carbocycles. The molecule has 0 aliphatic carbocycles. The van der Waals surface area contributed by atoms with Gasteiger partial charge in [0, 0.05) is 28.3 Å². The van der Waals surface area contributed by atoms with Gasteiger partial charge in [-0.05, 0) is 0 Å². The quantitative estimate of drug-likeness (QED) is 0.638. The Hall–Kier alpha value is -0.690. The molecule has 0 aromatic rings. The summed E-state index contributed by atoms with van der Waals surface area (Å²) in [4.78, 5) is 11.1. The van der Waals surface area contributed by atoms with Crippen molar-refractivity contribution < 1.29 is 28.5 Å². The van der Waals surface area contributed by atoms with Gasteiger partial charge in [-0.2, -0.15) is 0 Å². The van der Waals surface area contributed by atoms with Gasteiger partial charge in [-0.25, -0.2) is 0 Å². The summed E-state index contributed by atoms with van der Waals surface area (Å²) < 4.78 is 26.4. The first-order valence-electron chi connectivity index (χ1n) is 5.47. The molecule has 0 bridgehead atoms. The summed E-state index contributed by atoms with van der Waals surface area (Å²) in [5, 5.41) is 0. The van der Waals surface area contributed by atoms with Crippen molar-refractivity contribution in [2.75, 3.05) is 34.5 Å². The van der Waals surface area contributed by atoms with Crippen molar-refractivity contribution in [3.8, 4) is 0 Å². The van der Waals surface area contributed by atoms with E-state index in [1.54, 1.807) is 21.3 Å². The number of carbonyl (C=O) groups excluding carboxylic acids is 1. The molecule has 6 nitrogen and oxygen atoms in total. The molecule has 6 heteroatoms. The Morgan fingerprint density at radius 2 is 1.94 bits per heavy atom. The molecular weight excluding hydrogens is 228 g/mol. The van der Waals surface area contributed by atoms with Crippen LogP contribution in [0.4, 0.5) is 0 Å². The molecule has 0 aromatic carbocycles. The SMILES string of the molecule is COC[C@@H]1OC[C@@H](OC)[C@@H](OC)[C@@H]1OC(C)=O. The fourth-order valence-electron chi connectivity index (χ4n) is 1.96. The van der Waals surface area contributed by atoms with Gasteiger partial charge < -0.3 is 23.7 Å². The average molecular weight is 248 g/mol. The Balaban J connectivity index is 2.77. The summed E-state index contributed by atoms with van der Waals surface area (Å²) >= 11 is 0. The summed E-state index contributed by atoms with van der Waals surface area (Å²) in [6.07, 6.45) is -1.45. The monoisotopic (exact) mass is 248 g/mol. The third kappa shape index (κ3) is 3.64. The van der Waals surface area contributed by atoms with E-state index in [0.717, 1.165) is 0 Å². The maximum Gasteiger partial charge on any atom is 0.303 e. The minimum Gasteiger partial charge on any atom is -0.457 e. The highest BCUT2D eigenvalue weighted by Crippen LogP contribution is 2.23. The number of carbonyl (C=O) groups is 1. The van der Waals surface area contributed by atoms with E-state index in [4.69, 9.17) is 23.7 Å². The largest absolute Gasteiger partial charge is 0.457 e. The lowest BCUT2D eigenvalue weighted by Crippen LogP contribution is -2.57. The zero-order chi connectivity index (χ0) is 12.8. The standard InChI is InChI=1S/C11H20O6/c1-7(12)17-11-9(5-13-2)16-6-8(14-3)10(11)15-4/h8-11H,5-6H2,1-4H3/t8-,9+,10-,11-/m1/s1. The van der Waals surface area contributed by atoms with Crippen LogP contribution in [0.25, 0.3) is 0 Å². The maximum atomic E-state index is 11.1. The van der Waals surface area contributed by atoms with Crippen LogP contribution >= 0.6 is 0 Å².